The zero-order chi connectivity index (χ0) is 22.6. The molecular formula is C20H25O9P. The van der Waals surface area contributed by atoms with Crippen molar-refractivity contribution in [2.45, 2.75) is 26.1 Å². The Hall–Kier alpha value is -2.55. The van der Waals surface area contributed by atoms with Gasteiger partial charge in [-0.3, -0.25) is 0 Å². The summed E-state index contributed by atoms with van der Waals surface area (Å²) >= 11 is 0. The number of carbonyl (C=O) groups excluding carboxylic acids is 2. The van der Waals surface area contributed by atoms with Crippen LogP contribution in [-0.4, -0.2) is 52.0 Å². The molecule has 0 aliphatic rings. The molecule has 9 nitrogen and oxygen atoms in total. The van der Waals surface area contributed by atoms with E-state index in [4.69, 9.17) is 33.5 Å². The monoisotopic (exact) mass is 440 g/mol. The molecule has 164 valence electrons. The topological polar surface area (TPSA) is 140 Å². The summed E-state index contributed by atoms with van der Waals surface area (Å²) in [5.74, 6) is -0.778. The van der Waals surface area contributed by atoms with Gasteiger partial charge in [-0.2, -0.15) is 0 Å². The molecule has 2 unspecified atom stereocenters. The summed E-state index contributed by atoms with van der Waals surface area (Å²) in [4.78, 5) is 45.3. The predicted molar refractivity (Wildman–Crippen MR) is 108 cm³/mol. The maximum atomic E-state index is 11.9. The molecule has 0 saturated heterocycles. The summed E-state index contributed by atoms with van der Waals surface area (Å²) in [6.07, 6.45) is -0.703. The van der Waals surface area contributed by atoms with Gasteiger partial charge in [-0.1, -0.05) is 36.4 Å². The van der Waals surface area contributed by atoms with Gasteiger partial charge in [0.1, 0.15) is 12.7 Å². The SMILES string of the molecule is CC(COC(=O)c1ccccc1)OCC(C)OC(=O)c1ccccc1.O=P(O)(O)O. The summed E-state index contributed by atoms with van der Waals surface area (Å²) in [5, 5.41) is 0. The summed E-state index contributed by atoms with van der Waals surface area (Å²) in [6.45, 7) is 3.91. The fourth-order valence-corrected chi connectivity index (χ4v) is 2.06. The van der Waals surface area contributed by atoms with Crippen molar-refractivity contribution in [1.82, 2.24) is 0 Å². The first-order valence-corrected chi connectivity index (χ1v) is 10.5. The van der Waals surface area contributed by atoms with Gasteiger partial charge in [0, 0.05) is 0 Å². The van der Waals surface area contributed by atoms with Crippen LogP contribution in [-0.2, 0) is 18.8 Å². The Morgan fingerprint density at radius 3 is 1.70 bits per heavy atom. The molecule has 0 aliphatic heterocycles. The van der Waals surface area contributed by atoms with Crippen LogP contribution in [0.4, 0.5) is 0 Å². The number of phosphoric acid groups is 1. The van der Waals surface area contributed by atoms with Crippen LogP contribution < -0.4 is 0 Å². The number of hydrogen-bond acceptors (Lipinski definition) is 6. The second kappa shape index (κ2) is 12.9. The Labute approximate surface area is 174 Å². The lowest BCUT2D eigenvalue weighted by Crippen LogP contribution is -2.26. The number of ether oxygens (including phenoxy) is 3. The van der Waals surface area contributed by atoms with Crippen LogP contribution in [0.3, 0.4) is 0 Å². The van der Waals surface area contributed by atoms with Gasteiger partial charge in [-0.25, -0.2) is 14.2 Å². The third kappa shape index (κ3) is 12.1. The first kappa shape index (κ1) is 25.5. The van der Waals surface area contributed by atoms with E-state index in [0.29, 0.717) is 11.1 Å². The number of carbonyl (C=O) groups is 2. The Morgan fingerprint density at radius 2 is 1.23 bits per heavy atom. The van der Waals surface area contributed by atoms with Crippen LogP contribution in [0.1, 0.15) is 34.6 Å². The van der Waals surface area contributed by atoms with E-state index in [-0.39, 0.29) is 31.3 Å². The Morgan fingerprint density at radius 1 is 0.800 bits per heavy atom. The highest BCUT2D eigenvalue weighted by molar-refractivity contribution is 7.45. The summed E-state index contributed by atoms with van der Waals surface area (Å²) in [5.41, 5.74) is 0.999. The van der Waals surface area contributed by atoms with Crippen LogP contribution in [0.2, 0.25) is 0 Å². The molecule has 0 saturated carbocycles. The molecule has 10 heteroatoms. The van der Waals surface area contributed by atoms with Gasteiger partial charge in [0.15, 0.2) is 0 Å². The van der Waals surface area contributed by atoms with Gasteiger partial charge in [0.25, 0.3) is 0 Å². The fourth-order valence-electron chi connectivity index (χ4n) is 2.06. The first-order valence-electron chi connectivity index (χ1n) is 8.94. The highest BCUT2D eigenvalue weighted by atomic mass is 31.2. The molecule has 0 radical (unpaired) electrons. The van der Waals surface area contributed by atoms with Crippen molar-refractivity contribution in [2.24, 2.45) is 0 Å². The van der Waals surface area contributed by atoms with Gasteiger partial charge < -0.3 is 28.9 Å². The van der Waals surface area contributed by atoms with Crippen LogP contribution >= 0.6 is 7.82 Å². The quantitative estimate of drug-likeness (QED) is 0.417. The van der Waals surface area contributed by atoms with Crippen molar-refractivity contribution < 1.29 is 43.0 Å². The van der Waals surface area contributed by atoms with Crippen molar-refractivity contribution in [2.75, 3.05) is 13.2 Å². The van der Waals surface area contributed by atoms with Crippen molar-refractivity contribution in [3.05, 3.63) is 71.8 Å². The molecule has 0 aromatic heterocycles. The molecular weight excluding hydrogens is 415 g/mol. The Bertz CT molecular complexity index is 812. The standard InChI is InChI=1S/C20H22O5.H3O4P/c1-15(13-24-19(21)17-9-5-3-6-10-17)23-14-16(2)25-20(22)18-11-7-4-8-12-18;1-5(2,3)4/h3-12,15-16H,13-14H2,1-2H3;(H3,1,2,3,4). The molecule has 3 N–H and O–H groups in total. The smallest absolute Gasteiger partial charge is 0.459 e. The highest BCUT2D eigenvalue weighted by Gasteiger charge is 2.14. The van der Waals surface area contributed by atoms with Gasteiger partial charge in [-0.05, 0) is 38.1 Å². The zero-order valence-corrected chi connectivity index (χ0v) is 17.5. The van der Waals surface area contributed by atoms with Gasteiger partial charge in [-0.15, -0.1) is 0 Å². The largest absolute Gasteiger partial charge is 0.466 e. The average molecular weight is 440 g/mol. The molecule has 2 aromatic rings. The minimum absolute atomic E-state index is 0.132. The van der Waals surface area contributed by atoms with E-state index in [0.717, 1.165) is 0 Å². The molecule has 0 bridgehead atoms. The summed E-state index contributed by atoms with van der Waals surface area (Å²) in [7, 11) is -4.64. The van der Waals surface area contributed by atoms with Gasteiger partial charge in [0.05, 0.1) is 23.8 Å². The molecule has 30 heavy (non-hydrogen) atoms. The molecule has 0 amide bonds. The van der Waals surface area contributed by atoms with Crippen LogP contribution in [0.5, 0.6) is 0 Å². The van der Waals surface area contributed by atoms with Crippen LogP contribution in [0.15, 0.2) is 60.7 Å². The molecule has 0 heterocycles. The Kier molecular flexibility index (Phi) is 11.0. The second-order valence-electron chi connectivity index (χ2n) is 6.20. The number of benzene rings is 2. The first-order chi connectivity index (χ1) is 14.1. The average Bonchev–Trinajstić information content (AvgIpc) is 2.70. The van der Waals surface area contributed by atoms with Gasteiger partial charge in [0.2, 0.25) is 0 Å². The van der Waals surface area contributed by atoms with Crippen molar-refractivity contribution >= 4 is 19.8 Å². The third-order valence-corrected chi connectivity index (χ3v) is 3.39. The maximum Gasteiger partial charge on any atom is 0.466 e. The lowest BCUT2D eigenvalue weighted by molar-refractivity contribution is -0.0379. The van der Waals surface area contributed by atoms with E-state index >= 15 is 0 Å². The van der Waals surface area contributed by atoms with E-state index in [9.17, 15) is 9.59 Å². The normalized spacial score (nSPS) is 12.7. The minimum atomic E-state index is -4.64. The highest BCUT2D eigenvalue weighted by Crippen LogP contribution is 2.25. The van der Waals surface area contributed by atoms with E-state index in [1.54, 1.807) is 62.4 Å². The molecule has 0 fully saturated rings. The van der Waals surface area contributed by atoms with E-state index in [1.807, 2.05) is 12.1 Å². The summed E-state index contributed by atoms with van der Waals surface area (Å²) < 4.78 is 25.0. The summed E-state index contributed by atoms with van der Waals surface area (Å²) in [6, 6.07) is 17.6. The lowest BCUT2D eigenvalue weighted by Gasteiger charge is -2.17. The maximum absolute atomic E-state index is 11.9. The van der Waals surface area contributed by atoms with Crippen molar-refractivity contribution in [3.63, 3.8) is 0 Å². The number of rotatable bonds is 8. The van der Waals surface area contributed by atoms with E-state index in [2.05, 4.69) is 0 Å². The Balaban J connectivity index is 0.000000804. The second-order valence-corrected chi connectivity index (χ2v) is 7.23. The number of esters is 2. The molecule has 0 spiro atoms. The van der Waals surface area contributed by atoms with Gasteiger partial charge >= 0.3 is 19.8 Å². The van der Waals surface area contributed by atoms with Crippen LogP contribution in [0.25, 0.3) is 0 Å². The molecule has 2 atom stereocenters. The van der Waals surface area contributed by atoms with Crippen molar-refractivity contribution in [3.8, 4) is 0 Å². The van der Waals surface area contributed by atoms with E-state index < -0.39 is 13.9 Å². The zero-order valence-electron chi connectivity index (χ0n) is 16.6. The molecule has 2 aromatic carbocycles. The predicted octanol–water partition coefficient (Wildman–Crippen LogP) is 2.57. The number of hydrogen-bond donors (Lipinski definition) is 3. The van der Waals surface area contributed by atoms with Crippen molar-refractivity contribution in [1.29, 1.82) is 0 Å². The lowest BCUT2D eigenvalue weighted by atomic mass is 10.2. The molecule has 0 aliphatic carbocycles. The minimum Gasteiger partial charge on any atom is -0.459 e. The van der Waals surface area contributed by atoms with E-state index in [1.165, 1.54) is 0 Å². The third-order valence-electron chi connectivity index (χ3n) is 3.39. The van der Waals surface area contributed by atoms with Crippen LogP contribution in [0, 0.1) is 0 Å². The fraction of sp³-hybridized carbons (Fsp3) is 0.300. The molecule has 2 rings (SSSR count).